The van der Waals surface area contributed by atoms with Crippen molar-refractivity contribution in [2.45, 2.75) is 38.4 Å². The zero-order valence-corrected chi connectivity index (χ0v) is 14.4. The first-order valence-electron chi connectivity index (χ1n) is 7.88. The maximum absolute atomic E-state index is 10.4. The summed E-state index contributed by atoms with van der Waals surface area (Å²) in [5.74, 6) is 1.21. The summed E-state index contributed by atoms with van der Waals surface area (Å²) >= 11 is 1.59. The molecule has 0 radical (unpaired) electrons. The van der Waals surface area contributed by atoms with Gasteiger partial charge in [-0.15, -0.1) is 11.3 Å². The van der Waals surface area contributed by atoms with E-state index in [0.717, 1.165) is 23.0 Å². The molecular weight excluding hydrogens is 310 g/mol. The third kappa shape index (κ3) is 3.76. The van der Waals surface area contributed by atoms with Crippen LogP contribution in [0.2, 0.25) is 0 Å². The Bertz CT molecular complexity index is 648. The van der Waals surface area contributed by atoms with Gasteiger partial charge in [0.2, 0.25) is 0 Å². The smallest absolute Gasteiger partial charge is 0.183 e. The molecule has 1 aromatic rings. The molecule has 0 spiro atoms. The van der Waals surface area contributed by atoms with Crippen molar-refractivity contribution in [2.75, 3.05) is 12.4 Å². The second-order valence-electron chi connectivity index (χ2n) is 6.19. The molecular formula is C17H23N3O2S. The van der Waals surface area contributed by atoms with Crippen molar-refractivity contribution in [1.82, 2.24) is 10.3 Å². The van der Waals surface area contributed by atoms with Gasteiger partial charge in [-0.05, 0) is 38.5 Å². The van der Waals surface area contributed by atoms with Crippen LogP contribution in [-0.2, 0) is 4.74 Å². The van der Waals surface area contributed by atoms with Crippen molar-refractivity contribution in [2.24, 2.45) is 5.92 Å². The van der Waals surface area contributed by atoms with Crippen LogP contribution in [0.1, 0.15) is 32.0 Å². The molecule has 3 rings (SSSR count). The van der Waals surface area contributed by atoms with Crippen LogP contribution in [0.4, 0.5) is 5.13 Å². The van der Waals surface area contributed by atoms with Crippen LogP contribution in [0.25, 0.3) is 0 Å². The fraction of sp³-hybridized carbons (Fsp3) is 0.471. The third-order valence-electron chi connectivity index (χ3n) is 3.97. The van der Waals surface area contributed by atoms with Crippen molar-refractivity contribution in [3.63, 3.8) is 0 Å². The fourth-order valence-electron chi connectivity index (χ4n) is 2.84. The van der Waals surface area contributed by atoms with Crippen molar-refractivity contribution >= 4 is 16.5 Å². The summed E-state index contributed by atoms with van der Waals surface area (Å²) in [5.41, 5.74) is 0.923. The van der Waals surface area contributed by atoms with Crippen LogP contribution in [-0.4, -0.2) is 29.3 Å². The SMILES string of the molecule is COC1=CC2C[C@H](C=C1)C(O)=C[C@H](c1csc(NC(C)C)n1)N2. The molecule has 5 nitrogen and oxygen atoms in total. The van der Waals surface area contributed by atoms with Gasteiger partial charge in [0.1, 0.15) is 5.76 Å². The van der Waals surface area contributed by atoms with Gasteiger partial charge in [0, 0.05) is 23.4 Å². The molecule has 0 amide bonds. The van der Waals surface area contributed by atoms with Gasteiger partial charge >= 0.3 is 0 Å². The maximum atomic E-state index is 10.4. The van der Waals surface area contributed by atoms with Crippen LogP contribution < -0.4 is 10.6 Å². The zero-order valence-electron chi connectivity index (χ0n) is 13.6. The summed E-state index contributed by atoms with van der Waals surface area (Å²) < 4.78 is 5.35. The molecule has 6 heteroatoms. The van der Waals surface area contributed by atoms with Crippen molar-refractivity contribution in [3.05, 3.63) is 46.9 Å². The van der Waals surface area contributed by atoms with Crippen molar-refractivity contribution < 1.29 is 9.84 Å². The first kappa shape index (κ1) is 16.1. The van der Waals surface area contributed by atoms with E-state index in [1.165, 1.54) is 0 Å². The minimum Gasteiger partial charge on any atom is -0.512 e. The standard InChI is InChI=1S/C17H23N3O2S/c1-10(2)18-17-20-15(9-23-17)14-8-16(21)11-4-5-13(22-3)7-12(6-11)19-14/h4-5,7-12,14,19,21H,6H2,1-3H3,(H,18,20)/t11-,12?,14+/m0/s1. The van der Waals surface area contributed by atoms with Crippen molar-refractivity contribution in [3.8, 4) is 0 Å². The maximum Gasteiger partial charge on any atom is 0.183 e. The quantitative estimate of drug-likeness (QED) is 0.787. The summed E-state index contributed by atoms with van der Waals surface area (Å²) in [4.78, 5) is 4.65. The highest BCUT2D eigenvalue weighted by molar-refractivity contribution is 7.13. The molecule has 1 aliphatic heterocycles. The van der Waals surface area contributed by atoms with Gasteiger partial charge in [-0.25, -0.2) is 4.98 Å². The Kier molecular flexibility index (Phi) is 4.73. The lowest BCUT2D eigenvalue weighted by Gasteiger charge is -2.18. The van der Waals surface area contributed by atoms with Crippen molar-refractivity contribution in [1.29, 1.82) is 0 Å². The average molecular weight is 333 g/mol. The Morgan fingerprint density at radius 3 is 3.00 bits per heavy atom. The number of hydrogen-bond donors (Lipinski definition) is 3. The monoisotopic (exact) mass is 333 g/mol. The van der Waals surface area contributed by atoms with Gasteiger partial charge in [0.15, 0.2) is 5.13 Å². The number of aliphatic hydroxyl groups excluding tert-OH is 1. The summed E-state index contributed by atoms with van der Waals surface area (Å²) in [6, 6.07) is 0.365. The Labute approximate surface area is 140 Å². The molecule has 3 atom stereocenters. The average Bonchev–Trinajstić information content (AvgIpc) is 2.77. The van der Waals surface area contributed by atoms with Gasteiger partial charge in [0.25, 0.3) is 0 Å². The van der Waals surface area contributed by atoms with Crippen LogP contribution in [0, 0.1) is 5.92 Å². The second kappa shape index (κ2) is 6.76. The highest BCUT2D eigenvalue weighted by Crippen LogP contribution is 2.31. The molecule has 1 unspecified atom stereocenters. The van der Waals surface area contributed by atoms with E-state index < -0.39 is 0 Å². The summed E-state index contributed by atoms with van der Waals surface area (Å²) in [5, 5.41) is 20.2. The fourth-order valence-corrected chi connectivity index (χ4v) is 3.74. The van der Waals surface area contributed by atoms with Gasteiger partial charge in [-0.1, -0.05) is 6.08 Å². The molecule has 3 N–H and O–H groups in total. The molecule has 1 aromatic heterocycles. The molecule has 0 fully saturated rings. The number of aliphatic hydroxyl groups is 1. The topological polar surface area (TPSA) is 66.4 Å². The molecule has 0 saturated heterocycles. The van der Waals surface area contributed by atoms with Gasteiger partial charge in [0.05, 0.1) is 24.6 Å². The number of thiazole rings is 1. The Morgan fingerprint density at radius 2 is 2.26 bits per heavy atom. The zero-order chi connectivity index (χ0) is 16.4. The van der Waals surface area contributed by atoms with E-state index in [1.54, 1.807) is 18.4 Å². The number of methoxy groups -OCH3 is 1. The van der Waals surface area contributed by atoms with E-state index in [4.69, 9.17) is 4.74 Å². The van der Waals surface area contributed by atoms with E-state index in [1.807, 2.05) is 23.6 Å². The molecule has 1 aliphatic carbocycles. The van der Waals surface area contributed by atoms with E-state index in [9.17, 15) is 5.11 Å². The number of anilines is 1. The molecule has 2 bridgehead atoms. The highest BCUT2D eigenvalue weighted by Gasteiger charge is 2.28. The minimum absolute atomic E-state index is 0.00768. The lowest BCUT2D eigenvalue weighted by Crippen LogP contribution is -2.30. The van der Waals surface area contributed by atoms with Crippen LogP contribution in [0.5, 0.6) is 0 Å². The first-order chi connectivity index (χ1) is 11.0. The molecule has 2 aliphatic rings. The minimum atomic E-state index is -0.107. The number of ether oxygens (including phenoxy) is 1. The molecule has 0 aromatic carbocycles. The number of fused-ring (bicyclic) bond motifs is 2. The third-order valence-corrected chi connectivity index (χ3v) is 4.76. The first-order valence-corrected chi connectivity index (χ1v) is 8.76. The Hall–Kier alpha value is -1.79. The molecule has 2 heterocycles. The normalized spacial score (nSPS) is 27.0. The Morgan fingerprint density at radius 1 is 1.43 bits per heavy atom. The predicted molar refractivity (Wildman–Crippen MR) is 93.6 cm³/mol. The number of nitrogens with zero attached hydrogens (tertiary/aromatic N) is 1. The van der Waals surface area contributed by atoms with Gasteiger partial charge in [-0.2, -0.15) is 0 Å². The van der Waals surface area contributed by atoms with E-state index in [2.05, 4.69) is 35.5 Å². The number of rotatable bonds is 4. The second-order valence-corrected chi connectivity index (χ2v) is 7.05. The lowest BCUT2D eigenvalue weighted by molar-refractivity contribution is 0.303. The van der Waals surface area contributed by atoms with Crippen LogP contribution in [0.15, 0.2) is 41.2 Å². The van der Waals surface area contributed by atoms with E-state index in [-0.39, 0.29) is 18.0 Å². The number of nitrogens with one attached hydrogen (secondary N) is 2. The summed E-state index contributed by atoms with van der Waals surface area (Å²) in [6.07, 6.45) is 8.66. The molecule has 0 saturated carbocycles. The predicted octanol–water partition coefficient (Wildman–Crippen LogP) is 3.52. The van der Waals surface area contributed by atoms with Gasteiger partial charge in [-0.3, -0.25) is 5.32 Å². The molecule has 23 heavy (non-hydrogen) atoms. The number of hydrogen-bond acceptors (Lipinski definition) is 6. The van der Waals surface area contributed by atoms with E-state index >= 15 is 0 Å². The largest absolute Gasteiger partial charge is 0.512 e. The summed E-state index contributed by atoms with van der Waals surface area (Å²) in [6.45, 7) is 4.18. The van der Waals surface area contributed by atoms with Crippen LogP contribution in [0.3, 0.4) is 0 Å². The lowest BCUT2D eigenvalue weighted by atomic mass is 10.00. The number of allylic oxidation sites excluding steroid dienone is 2. The summed E-state index contributed by atoms with van der Waals surface area (Å²) in [7, 11) is 1.66. The van der Waals surface area contributed by atoms with Gasteiger partial charge < -0.3 is 15.2 Å². The number of aromatic nitrogens is 1. The van der Waals surface area contributed by atoms with E-state index in [0.29, 0.717) is 11.8 Å². The Balaban J connectivity index is 1.86. The molecule has 124 valence electrons. The highest BCUT2D eigenvalue weighted by atomic mass is 32.1. The van der Waals surface area contributed by atoms with Crippen LogP contribution >= 0.6 is 11.3 Å².